The first-order valence-electron chi connectivity index (χ1n) is 5.24. The Kier molecular flexibility index (Phi) is 3.54. The molecule has 0 radical (unpaired) electrons. The fraction of sp³-hybridized carbons (Fsp3) is 0.364. The van der Waals surface area contributed by atoms with E-state index in [0.717, 1.165) is 0 Å². The fourth-order valence-electron chi connectivity index (χ4n) is 2.02. The number of phenols is 1. The maximum atomic E-state index is 13.7. The molecule has 7 heteroatoms. The van der Waals surface area contributed by atoms with E-state index in [1.807, 2.05) is 0 Å². The molecule has 1 aromatic carbocycles. The number of carboxylic acids is 1. The molecule has 98 valence electrons. The van der Waals surface area contributed by atoms with Gasteiger partial charge in [0.1, 0.15) is 0 Å². The number of carbonyl (C=O) groups is 1. The summed E-state index contributed by atoms with van der Waals surface area (Å²) in [7, 11) is 0. The molecule has 2 atom stereocenters. The largest absolute Gasteiger partial charge is 0.504 e. The van der Waals surface area contributed by atoms with Crippen molar-refractivity contribution in [3.8, 4) is 5.75 Å². The van der Waals surface area contributed by atoms with Gasteiger partial charge >= 0.3 is 5.97 Å². The Bertz CT molecular complexity index is 510. The second-order valence-corrected chi connectivity index (χ2v) is 5.01. The normalized spacial score (nSPS) is 23.3. The zero-order chi connectivity index (χ0) is 13.4. The van der Waals surface area contributed by atoms with Crippen LogP contribution in [0.4, 0.5) is 8.78 Å². The van der Waals surface area contributed by atoms with Crippen molar-refractivity contribution in [1.82, 2.24) is 5.32 Å². The van der Waals surface area contributed by atoms with Crippen LogP contribution in [0.3, 0.4) is 0 Å². The zero-order valence-electron chi connectivity index (χ0n) is 9.08. The molecule has 1 aromatic rings. The van der Waals surface area contributed by atoms with Crippen LogP contribution in [0.15, 0.2) is 10.5 Å². The molecular formula is C11H10BrF2NO3. The Balaban J connectivity index is 2.33. The monoisotopic (exact) mass is 321 g/mol. The van der Waals surface area contributed by atoms with Gasteiger partial charge in [-0.15, -0.1) is 0 Å². The SMILES string of the molecule is O=C(O)C1CNC(c2cc(Br)c(O)c(F)c2F)C1. The first-order chi connectivity index (χ1) is 8.41. The highest BCUT2D eigenvalue weighted by Crippen LogP contribution is 2.36. The summed E-state index contributed by atoms with van der Waals surface area (Å²) in [5, 5.41) is 20.9. The van der Waals surface area contributed by atoms with E-state index in [0.29, 0.717) is 0 Å². The van der Waals surface area contributed by atoms with Gasteiger partial charge in [0.2, 0.25) is 5.82 Å². The number of rotatable bonds is 2. The van der Waals surface area contributed by atoms with E-state index in [9.17, 15) is 18.7 Å². The third-order valence-corrected chi connectivity index (χ3v) is 3.62. The van der Waals surface area contributed by atoms with Crippen LogP contribution in [0, 0.1) is 17.6 Å². The Morgan fingerprint density at radius 3 is 2.67 bits per heavy atom. The van der Waals surface area contributed by atoms with E-state index in [-0.39, 0.29) is 23.0 Å². The van der Waals surface area contributed by atoms with Gasteiger partial charge in [-0.05, 0) is 28.4 Å². The minimum absolute atomic E-state index is 0.0147. The Morgan fingerprint density at radius 1 is 1.44 bits per heavy atom. The second-order valence-electron chi connectivity index (χ2n) is 4.16. The van der Waals surface area contributed by atoms with Gasteiger partial charge in [-0.2, -0.15) is 4.39 Å². The van der Waals surface area contributed by atoms with Crippen LogP contribution in [-0.4, -0.2) is 22.7 Å². The van der Waals surface area contributed by atoms with Gasteiger partial charge in [0.25, 0.3) is 0 Å². The van der Waals surface area contributed by atoms with Gasteiger partial charge in [0.05, 0.1) is 10.4 Å². The molecule has 0 bridgehead atoms. The summed E-state index contributed by atoms with van der Waals surface area (Å²) < 4.78 is 27.1. The first kappa shape index (κ1) is 13.2. The van der Waals surface area contributed by atoms with Crippen LogP contribution < -0.4 is 5.32 Å². The van der Waals surface area contributed by atoms with Crippen molar-refractivity contribution in [3.05, 3.63) is 27.7 Å². The number of halogens is 3. The highest BCUT2D eigenvalue weighted by atomic mass is 79.9. The molecule has 2 unspecified atom stereocenters. The molecule has 1 saturated heterocycles. The smallest absolute Gasteiger partial charge is 0.307 e. The van der Waals surface area contributed by atoms with Crippen molar-refractivity contribution in [3.63, 3.8) is 0 Å². The van der Waals surface area contributed by atoms with Crippen LogP contribution in [0.25, 0.3) is 0 Å². The van der Waals surface area contributed by atoms with Crippen molar-refractivity contribution >= 4 is 21.9 Å². The quantitative estimate of drug-likeness (QED) is 0.730. The van der Waals surface area contributed by atoms with Crippen molar-refractivity contribution in [1.29, 1.82) is 0 Å². The molecule has 1 heterocycles. The van der Waals surface area contributed by atoms with Crippen LogP contribution >= 0.6 is 15.9 Å². The topological polar surface area (TPSA) is 69.6 Å². The lowest BCUT2D eigenvalue weighted by Gasteiger charge is -2.13. The van der Waals surface area contributed by atoms with Gasteiger partial charge in [0.15, 0.2) is 11.6 Å². The molecule has 0 spiro atoms. The maximum absolute atomic E-state index is 13.7. The van der Waals surface area contributed by atoms with E-state index >= 15 is 0 Å². The summed E-state index contributed by atoms with van der Waals surface area (Å²) >= 11 is 2.92. The molecule has 0 amide bonds. The zero-order valence-corrected chi connectivity index (χ0v) is 10.7. The Morgan fingerprint density at radius 2 is 2.11 bits per heavy atom. The minimum atomic E-state index is -1.33. The molecule has 1 aliphatic heterocycles. The molecule has 0 aromatic heterocycles. The highest BCUT2D eigenvalue weighted by molar-refractivity contribution is 9.10. The predicted molar refractivity (Wildman–Crippen MR) is 62.2 cm³/mol. The Labute approximate surface area is 110 Å². The van der Waals surface area contributed by atoms with Crippen molar-refractivity contribution in [2.75, 3.05) is 6.54 Å². The average Bonchev–Trinajstić information content (AvgIpc) is 2.80. The molecule has 0 aliphatic carbocycles. The van der Waals surface area contributed by atoms with Crippen LogP contribution in [0.5, 0.6) is 5.75 Å². The predicted octanol–water partition coefficient (Wildman–Crippen LogP) is 2.17. The minimum Gasteiger partial charge on any atom is -0.504 e. The van der Waals surface area contributed by atoms with Gasteiger partial charge in [-0.1, -0.05) is 0 Å². The van der Waals surface area contributed by atoms with E-state index in [1.54, 1.807) is 0 Å². The lowest BCUT2D eigenvalue weighted by atomic mass is 9.99. The van der Waals surface area contributed by atoms with Crippen molar-refractivity contribution < 1.29 is 23.8 Å². The fourth-order valence-corrected chi connectivity index (χ4v) is 2.44. The number of aliphatic carboxylic acids is 1. The lowest BCUT2D eigenvalue weighted by molar-refractivity contribution is -0.141. The molecule has 0 saturated carbocycles. The van der Waals surface area contributed by atoms with Crippen molar-refractivity contribution in [2.45, 2.75) is 12.5 Å². The summed E-state index contributed by atoms with van der Waals surface area (Å²) in [4.78, 5) is 10.8. The highest BCUT2D eigenvalue weighted by Gasteiger charge is 2.33. The third kappa shape index (κ3) is 2.20. The molecule has 18 heavy (non-hydrogen) atoms. The van der Waals surface area contributed by atoms with Crippen LogP contribution in [-0.2, 0) is 4.79 Å². The van der Waals surface area contributed by atoms with Gasteiger partial charge in [-0.25, -0.2) is 4.39 Å². The van der Waals surface area contributed by atoms with Crippen molar-refractivity contribution in [2.24, 2.45) is 5.92 Å². The van der Waals surface area contributed by atoms with Gasteiger partial charge in [-0.3, -0.25) is 4.79 Å². The van der Waals surface area contributed by atoms with Crippen LogP contribution in [0.1, 0.15) is 18.0 Å². The maximum Gasteiger partial charge on any atom is 0.307 e. The number of phenolic OH excluding ortho intramolecular Hbond substituents is 1. The lowest BCUT2D eigenvalue weighted by Crippen LogP contribution is -2.18. The standard InChI is InChI=1S/C11H10BrF2NO3/c12-6-2-5(8(13)9(14)10(6)16)7-1-4(3-15-7)11(17)18/h2,4,7,15-16H,1,3H2,(H,17,18). The molecule has 2 rings (SSSR count). The first-order valence-corrected chi connectivity index (χ1v) is 6.03. The number of hydrogen-bond donors (Lipinski definition) is 3. The number of carboxylic acid groups (broad SMARTS) is 1. The van der Waals surface area contributed by atoms with E-state index in [2.05, 4.69) is 21.2 Å². The van der Waals surface area contributed by atoms with E-state index in [4.69, 9.17) is 5.11 Å². The summed E-state index contributed by atoms with van der Waals surface area (Å²) in [5.74, 6) is -4.86. The number of nitrogens with one attached hydrogen (secondary N) is 1. The van der Waals surface area contributed by atoms with Gasteiger partial charge in [0, 0.05) is 18.2 Å². The molecule has 1 fully saturated rings. The van der Waals surface area contributed by atoms with Crippen LogP contribution in [0.2, 0.25) is 0 Å². The second kappa shape index (κ2) is 4.81. The molecule has 4 nitrogen and oxygen atoms in total. The van der Waals surface area contributed by atoms with E-state index < -0.39 is 35.3 Å². The molecule has 1 aliphatic rings. The summed E-state index contributed by atoms with van der Waals surface area (Å²) in [5.41, 5.74) is 0.0147. The summed E-state index contributed by atoms with van der Waals surface area (Å²) in [6.45, 7) is 0.208. The number of aromatic hydroxyl groups is 1. The molecule has 3 N–H and O–H groups in total. The molecular weight excluding hydrogens is 312 g/mol. The summed E-state index contributed by atoms with van der Waals surface area (Å²) in [6, 6.07) is 0.688. The third-order valence-electron chi connectivity index (χ3n) is 3.02. The summed E-state index contributed by atoms with van der Waals surface area (Å²) in [6.07, 6.45) is 0.183. The average molecular weight is 322 g/mol. The number of benzene rings is 1. The van der Waals surface area contributed by atoms with E-state index in [1.165, 1.54) is 6.07 Å². The van der Waals surface area contributed by atoms with Gasteiger partial charge < -0.3 is 15.5 Å². The number of hydrogen-bond acceptors (Lipinski definition) is 3. The Hall–Kier alpha value is -1.21.